The van der Waals surface area contributed by atoms with Crippen molar-refractivity contribution >= 4 is 18.3 Å². The van der Waals surface area contributed by atoms with E-state index in [4.69, 9.17) is 10.5 Å². The molecule has 0 saturated heterocycles. The fourth-order valence-corrected chi connectivity index (χ4v) is 1.68. The van der Waals surface area contributed by atoms with Crippen LogP contribution in [0.4, 0.5) is 13.2 Å². The van der Waals surface area contributed by atoms with E-state index >= 15 is 0 Å². The number of halogens is 4. The Balaban J connectivity index is 0.00000484. The number of ether oxygens (including phenoxy) is 1. The van der Waals surface area contributed by atoms with Crippen LogP contribution in [0, 0.1) is 12.8 Å². The van der Waals surface area contributed by atoms with E-state index in [-0.39, 0.29) is 42.6 Å². The molecule has 3 N–H and O–H groups in total. The highest BCUT2D eigenvalue weighted by Gasteiger charge is 2.29. The molecule has 0 radical (unpaired) electrons. The van der Waals surface area contributed by atoms with Gasteiger partial charge in [-0.25, -0.2) is 0 Å². The molecule has 0 aromatic heterocycles. The number of nitrogens with two attached hydrogens (primary N) is 1. The molecule has 23 heavy (non-hydrogen) atoms. The Labute approximate surface area is 140 Å². The molecule has 2 unspecified atom stereocenters. The molecule has 1 aromatic rings. The van der Waals surface area contributed by atoms with E-state index in [2.05, 4.69) is 5.32 Å². The molecule has 0 fully saturated rings. The molecule has 8 heteroatoms. The highest BCUT2D eigenvalue weighted by atomic mass is 35.5. The van der Waals surface area contributed by atoms with Crippen LogP contribution in [0.1, 0.15) is 25.0 Å². The van der Waals surface area contributed by atoms with Gasteiger partial charge in [-0.2, -0.15) is 13.2 Å². The Hall–Kier alpha value is -1.47. The number of carbonyl (C=O) groups excluding carboxylic acids is 1. The average molecular weight is 355 g/mol. The van der Waals surface area contributed by atoms with Crippen molar-refractivity contribution in [2.24, 2.45) is 11.7 Å². The van der Waals surface area contributed by atoms with Gasteiger partial charge in [0.1, 0.15) is 5.75 Å². The molecule has 0 bridgehead atoms. The predicted molar refractivity (Wildman–Crippen MR) is 84.6 cm³/mol. The second kappa shape index (κ2) is 8.98. The molecule has 0 saturated carbocycles. The topological polar surface area (TPSA) is 64.4 Å². The van der Waals surface area contributed by atoms with Crippen LogP contribution in [0.2, 0.25) is 0 Å². The number of carbonyl (C=O) groups is 1. The highest BCUT2D eigenvalue weighted by molar-refractivity contribution is 5.85. The third-order valence-electron chi connectivity index (χ3n) is 3.27. The lowest BCUT2D eigenvalue weighted by atomic mass is 10.0. The minimum absolute atomic E-state index is 0. The molecule has 4 nitrogen and oxygen atoms in total. The van der Waals surface area contributed by atoms with Gasteiger partial charge in [0.05, 0.1) is 0 Å². The van der Waals surface area contributed by atoms with Crippen LogP contribution < -0.4 is 15.8 Å². The van der Waals surface area contributed by atoms with Crippen molar-refractivity contribution in [2.45, 2.75) is 39.5 Å². The maximum absolute atomic E-state index is 12.3. The van der Waals surface area contributed by atoms with Gasteiger partial charge in [-0.05, 0) is 25.5 Å². The molecule has 0 aliphatic carbocycles. The van der Waals surface area contributed by atoms with Crippen LogP contribution in [0.15, 0.2) is 18.2 Å². The molecule has 132 valence electrons. The van der Waals surface area contributed by atoms with Crippen LogP contribution in [0.3, 0.4) is 0 Å². The van der Waals surface area contributed by atoms with Gasteiger partial charge < -0.3 is 15.8 Å². The zero-order chi connectivity index (χ0) is 16.9. The lowest BCUT2D eigenvalue weighted by Crippen LogP contribution is -2.38. The second-order valence-electron chi connectivity index (χ2n) is 5.38. The first-order valence-corrected chi connectivity index (χ1v) is 6.92. The molecular weight excluding hydrogens is 333 g/mol. The minimum Gasteiger partial charge on any atom is -0.484 e. The van der Waals surface area contributed by atoms with E-state index in [1.165, 1.54) is 6.07 Å². The van der Waals surface area contributed by atoms with Gasteiger partial charge in [0.15, 0.2) is 6.61 Å². The summed E-state index contributed by atoms with van der Waals surface area (Å²) in [5.41, 5.74) is 6.90. The zero-order valence-corrected chi connectivity index (χ0v) is 14.1. The lowest BCUT2D eigenvalue weighted by Gasteiger charge is -2.17. The Morgan fingerprint density at radius 1 is 1.35 bits per heavy atom. The molecule has 0 spiro atoms. The Morgan fingerprint density at radius 3 is 2.48 bits per heavy atom. The van der Waals surface area contributed by atoms with Crippen molar-refractivity contribution < 1.29 is 22.7 Å². The molecule has 0 heterocycles. The van der Waals surface area contributed by atoms with Gasteiger partial charge in [0, 0.05) is 24.1 Å². The SMILES string of the molecule is Cc1ccc(CNC(=O)C(C)C(C)N)c(OCC(F)(F)F)c1.Cl. The maximum atomic E-state index is 12.3. The molecule has 0 aliphatic rings. The van der Waals surface area contributed by atoms with Gasteiger partial charge in [-0.15, -0.1) is 12.4 Å². The number of hydrogen-bond donors (Lipinski definition) is 2. The van der Waals surface area contributed by atoms with Gasteiger partial charge in [-0.1, -0.05) is 19.1 Å². The Morgan fingerprint density at radius 2 is 1.96 bits per heavy atom. The molecule has 0 aliphatic heterocycles. The van der Waals surface area contributed by atoms with Gasteiger partial charge >= 0.3 is 6.18 Å². The van der Waals surface area contributed by atoms with Crippen molar-refractivity contribution in [1.82, 2.24) is 5.32 Å². The van der Waals surface area contributed by atoms with E-state index < -0.39 is 12.8 Å². The van der Waals surface area contributed by atoms with Crippen LogP contribution in [0.5, 0.6) is 5.75 Å². The largest absolute Gasteiger partial charge is 0.484 e. The summed E-state index contributed by atoms with van der Waals surface area (Å²) in [4.78, 5) is 11.8. The first-order chi connectivity index (χ1) is 10.1. The molecule has 1 aromatic carbocycles. The van der Waals surface area contributed by atoms with Crippen LogP contribution >= 0.6 is 12.4 Å². The third-order valence-corrected chi connectivity index (χ3v) is 3.27. The standard InChI is InChI=1S/C15H21F3N2O2.ClH/c1-9-4-5-12(7-20-14(21)10(2)11(3)19)13(6-9)22-8-15(16,17)18;/h4-6,10-11H,7-8,19H2,1-3H3,(H,20,21);1H. The van der Waals surface area contributed by atoms with Crippen molar-refractivity contribution in [3.63, 3.8) is 0 Å². The number of hydrogen-bond acceptors (Lipinski definition) is 3. The smallest absolute Gasteiger partial charge is 0.422 e. The normalized spacial score (nSPS) is 13.7. The summed E-state index contributed by atoms with van der Waals surface area (Å²) in [6.07, 6.45) is -4.41. The van der Waals surface area contributed by atoms with E-state index in [1.54, 1.807) is 32.9 Å². The first kappa shape index (κ1) is 21.5. The number of nitrogens with one attached hydrogen (secondary N) is 1. The molecule has 2 atom stereocenters. The number of aryl methyl sites for hydroxylation is 1. The third kappa shape index (κ3) is 7.56. The van der Waals surface area contributed by atoms with E-state index in [9.17, 15) is 18.0 Å². The highest BCUT2D eigenvalue weighted by Crippen LogP contribution is 2.23. The fraction of sp³-hybridized carbons (Fsp3) is 0.533. The van der Waals surface area contributed by atoms with Gasteiger partial charge in [0.2, 0.25) is 5.91 Å². The summed E-state index contributed by atoms with van der Waals surface area (Å²) >= 11 is 0. The van der Waals surface area contributed by atoms with Gasteiger partial charge in [0.25, 0.3) is 0 Å². The molecular formula is C15H22ClF3N2O2. The van der Waals surface area contributed by atoms with E-state index in [0.717, 1.165) is 5.56 Å². The van der Waals surface area contributed by atoms with Crippen molar-refractivity contribution in [2.75, 3.05) is 6.61 Å². The summed E-state index contributed by atoms with van der Waals surface area (Å²) in [5, 5.41) is 2.66. The van der Waals surface area contributed by atoms with E-state index in [0.29, 0.717) is 5.56 Å². The number of amides is 1. The van der Waals surface area contributed by atoms with Crippen LogP contribution in [-0.4, -0.2) is 24.7 Å². The summed E-state index contributed by atoms with van der Waals surface area (Å²) in [6.45, 7) is 3.88. The van der Waals surface area contributed by atoms with Crippen molar-refractivity contribution in [1.29, 1.82) is 0 Å². The van der Waals surface area contributed by atoms with Crippen LogP contribution in [-0.2, 0) is 11.3 Å². The van der Waals surface area contributed by atoms with Crippen LogP contribution in [0.25, 0.3) is 0 Å². The Bertz CT molecular complexity index is 522. The average Bonchev–Trinajstić information content (AvgIpc) is 2.41. The maximum Gasteiger partial charge on any atom is 0.422 e. The van der Waals surface area contributed by atoms with Crippen molar-refractivity contribution in [3.05, 3.63) is 29.3 Å². The predicted octanol–water partition coefficient (Wildman–Crippen LogP) is 2.96. The number of rotatable bonds is 6. The fourth-order valence-electron chi connectivity index (χ4n) is 1.68. The Kier molecular flexibility index (Phi) is 8.41. The zero-order valence-electron chi connectivity index (χ0n) is 13.2. The first-order valence-electron chi connectivity index (χ1n) is 6.92. The molecule has 1 amide bonds. The monoisotopic (exact) mass is 354 g/mol. The number of benzene rings is 1. The lowest BCUT2D eigenvalue weighted by molar-refractivity contribution is -0.153. The summed E-state index contributed by atoms with van der Waals surface area (Å²) in [7, 11) is 0. The van der Waals surface area contributed by atoms with Gasteiger partial charge in [-0.3, -0.25) is 4.79 Å². The van der Waals surface area contributed by atoms with E-state index in [1.807, 2.05) is 0 Å². The quantitative estimate of drug-likeness (QED) is 0.825. The second-order valence-corrected chi connectivity index (χ2v) is 5.38. The summed E-state index contributed by atoms with van der Waals surface area (Å²) in [6, 6.07) is 4.59. The van der Waals surface area contributed by atoms with Crippen molar-refractivity contribution in [3.8, 4) is 5.75 Å². The molecule has 1 rings (SSSR count). The number of alkyl halides is 3. The summed E-state index contributed by atoms with van der Waals surface area (Å²) in [5.74, 6) is -0.520. The summed E-state index contributed by atoms with van der Waals surface area (Å²) < 4.78 is 41.6. The minimum atomic E-state index is -4.41.